The number of aromatic nitrogens is 1. The van der Waals surface area contributed by atoms with Gasteiger partial charge in [-0.2, -0.15) is 0 Å². The molecule has 1 aromatic carbocycles. The summed E-state index contributed by atoms with van der Waals surface area (Å²) in [7, 11) is 0. The molecule has 0 bridgehead atoms. The molecular formula is C20H18N4O5. The monoisotopic (exact) mass is 394 g/mol. The Kier molecular flexibility index (Phi) is 5.98. The molecule has 0 spiro atoms. The van der Waals surface area contributed by atoms with E-state index in [4.69, 9.17) is 4.42 Å². The number of benzene rings is 1. The molecule has 9 nitrogen and oxygen atoms in total. The summed E-state index contributed by atoms with van der Waals surface area (Å²) in [6.07, 6.45) is 1.49. The van der Waals surface area contributed by atoms with E-state index in [9.17, 15) is 19.7 Å². The van der Waals surface area contributed by atoms with Gasteiger partial charge in [0.2, 0.25) is 0 Å². The topological polar surface area (TPSA) is 127 Å². The van der Waals surface area contributed by atoms with Crippen LogP contribution < -0.4 is 10.6 Å². The van der Waals surface area contributed by atoms with Crippen LogP contribution in [0.25, 0.3) is 11.3 Å². The molecule has 0 saturated heterocycles. The Labute approximate surface area is 165 Å². The molecule has 0 aliphatic rings. The maximum atomic E-state index is 12.2. The van der Waals surface area contributed by atoms with Crippen LogP contribution >= 0.6 is 0 Å². The second-order valence-electron chi connectivity index (χ2n) is 6.17. The summed E-state index contributed by atoms with van der Waals surface area (Å²) in [4.78, 5) is 38.6. The zero-order valence-electron chi connectivity index (χ0n) is 15.5. The molecule has 29 heavy (non-hydrogen) atoms. The molecule has 0 saturated carbocycles. The third-order valence-electron chi connectivity index (χ3n) is 4.04. The number of carbonyl (C=O) groups excluding carboxylic acids is 2. The zero-order valence-corrected chi connectivity index (χ0v) is 15.5. The van der Waals surface area contributed by atoms with Gasteiger partial charge in [0.05, 0.1) is 10.5 Å². The van der Waals surface area contributed by atoms with Crippen molar-refractivity contribution in [2.45, 2.75) is 6.92 Å². The number of nitro benzene ring substituents is 1. The molecule has 0 unspecified atom stereocenters. The smallest absolute Gasteiger partial charge is 0.287 e. The second-order valence-corrected chi connectivity index (χ2v) is 6.17. The molecule has 0 fully saturated rings. The Bertz CT molecular complexity index is 1040. The molecule has 9 heteroatoms. The lowest BCUT2D eigenvalue weighted by Crippen LogP contribution is -2.34. The standard InChI is InChI=1S/C20H18N4O5/c1-13-5-6-15(12-23-13)19(25)21-9-10-22-20(26)18-8-7-17(29-18)14-3-2-4-16(11-14)24(27)28/h2-8,11-12H,9-10H2,1H3,(H,21,25)(H,22,26). The van der Waals surface area contributed by atoms with Crippen LogP contribution in [0.3, 0.4) is 0 Å². The van der Waals surface area contributed by atoms with Crippen LogP contribution in [0.2, 0.25) is 0 Å². The highest BCUT2D eigenvalue weighted by molar-refractivity contribution is 5.94. The van der Waals surface area contributed by atoms with Gasteiger partial charge in [0.15, 0.2) is 5.76 Å². The number of nitro groups is 1. The van der Waals surface area contributed by atoms with Crippen molar-refractivity contribution < 1.29 is 18.9 Å². The fraction of sp³-hybridized carbons (Fsp3) is 0.150. The lowest BCUT2D eigenvalue weighted by Gasteiger charge is -2.06. The second kappa shape index (κ2) is 8.79. The van der Waals surface area contributed by atoms with E-state index in [0.717, 1.165) is 5.69 Å². The highest BCUT2D eigenvalue weighted by Gasteiger charge is 2.14. The summed E-state index contributed by atoms with van der Waals surface area (Å²) >= 11 is 0. The van der Waals surface area contributed by atoms with Gasteiger partial charge in [-0.3, -0.25) is 24.7 Å². The minimum absolute atomic E-state index is 0.0654. The van der Waals surface area contributed by atoms with E-state index >= 15 is 0 Å². The number of aryl methyl sites for hydroxylation is 1. The van der Waals surface area contributed by atoms with Gasteiger partial charge in [0, 0.05) is 42.7 Å². The third-order valence-corrected chi connectivity index (χ3v) is 4.04. The minimum atomic E-state index is -0.499. The molecule has 0 radical (unpaired) electrons. The van der Waals surface area contributed by atoms with Gasteiger partial charge < -0.3 is 15.1 Å². The largest absolute Gasteiger partial charge is 0.451 e. The van der Waals surface area contributed by atoms with Gasteiger partial charge in [-0.25, -0.2) is 0 Å². The number of carbonyl (C=O) groups is 2. The number of hydrogen-bond acceptors (Lipinski definition) is 6. The minimum Gasteiger partial charge on any atom is -0.451 e. The number of amides is 2. The summed E-state index contributed by atoms with van der Waals surface area (Å²) < 4.78 is 5.49. The fourth-order valence-electron chi connectivity index (χ4n) is 2.53. The molecule has 2 heterocycles. The van der Waals surface area contributed by atoms with E-state index in [-0.39, 0.29) is 30.4 Å². The first-order valence-corrected chi connectivity index (χ1v) is 8.78. The molecule has 0 atom stereocenters. The molecule has 3 rings (SSSR count). The van der Waals surface area contributed by atoms with Crippen molar-refractivity contribution in [1.82, 2.24) is 15.6 Å². The molecule has 2 N–H and O–H groups in total. The van der Waals surface area contributed by atoms with Crippen molar-refractivity contribution in [2.75, 3.05) is 13.1 Å². The molecule has 3 aromatic rings. The maximum absolute atomic E-state index is 12.2. The average molecular weight is 394 g/mol. The molecule has 2 aromatic heterocycles. The molecule has 0 aliphatic heterocycles. The Morgan fingerprint density at radius 2 is 1.83 bits per heavy atom. The van der Waals surface area contributed by atoms with Crippen molar-refractivity contribution in [2.24, 2.45) is 0 Å². The quantitative estimate of drug-likeness (QED) is 0.360. The van der Waals surface area contributed by atoms with E-state index in [2.05, 4.69) is 15.6 Å². The van der Waals surface area contributed by atoms with Crippen LogP contribution in [0.15, 0.2) is 59.1 Å². The molecule has 148 valence electrons. The van der Waals surface area contributed by atoms with Crippen LogP contribution in [0.4, 0.5) is 5.69 Å². The van der Waals surface area contributed by atoms with Crippen molar-refractivity contribution in [1.29, 1.82) is 0 Å². The van der Waals surface area contributed by atoms with E-state index in [0.29, 0.717) is 16.9 Å². The highest BCUT2D eigenvalue weighted by Crippen LogP contribution is 2.25. The van der Waals surface area contributed by atoms with E-state index in [1.54, 1.807) is 30.3 Å². The maximum Gasteiger partial charge on any atom is 0.287 e. The third kappa shape index (κ3) is 5.04. The number of rotatable bonds is 7. The lowest BCUT2D eigenvalue weighted by atomic mass is 10.1. The Hall–Kier alpha value is -4.01. The summed E-state index contributed by atoms with van der Waals surface area (Å²) in [5, 5.41) is 16.2. The van der Waals surface area contributed by atoms with Crippen LogP contribution in [-0.4, -0.2) is 34.8 Å². The fourth-order valence-corrected chi connectivity index (χ4v) is 2.53. The predicted molar refractivity (Wildman–Crippen MR) is 104 cm³/mol. The van der Waals surface area contributed by atoms with Crippen LogP contribution in [0.1, 0.15) is 26.6 Å². The van der Waals surface area contributed by atoms with Gasteiger partial charge in [-0.15, -0.1) is 0 Å². The van der Waals surface area contributed by atoms with Gasteiger partial charge in [-0.05, 0) is 31.2 Å². The summed E-state index contributed by atoms with van der Waals surface area (Å²) in [6.45, 7) is 2.27. The van der Waals surface area contributed by atoms with E-state index < -0.39 is 10.8 Å². The first kappa shape index (κ1) is 19.7. The first-order chi connectivity index (χ1) is 13.9. The van der Waals surface area contributed by atoms with Crippen LogP contribution in [0, 0.1) is 17.0 Å². The lowest BCUT2D eigenvalue weighted by molar-refractivity contribution is -0.384. The van der Waals surface area contributed by atoms with Gasteiger partial charge in [-0.1, -0.05) is 12.1 Å². The number of nitrogens with zero attached hydrogens (tertiary/aromatic N) is 2. The first-order valence-electron chi connectivity index (χ1n) is 8.78. The number of pyridine rings is 1. The van der Waals surface area contributed by atoms with Crippen LogP contribution in [-0.2, 0) is 0 Å². The number of nitrogens with one attached hydrogen (secondary N) is 2. The van der Waals surface area contributed by atoms with Gasteiger partial charge in [0.1, 0.15) is 5.76 Å². The normalized spacial score (nSPS) is 10.4. The number of non-ortho nitro benzene ring substituents is 1. The van der Waals surface area contributed by atoms with Crippen molar-refractivity contribution >= 4 is 17.5 Å². The summed E-state index contributed by atoms with van der Waals surface area (Å²) in [5.74, 6) is -0.315. The number of furan rings is 1. The van der Waals surface area contributed by atoms with Gasteiger partial charge >= 0.3 is 0 Å². The summed E-state index contributed by atoms with van der Waals surface area (Å²) in [5.41, 5.74) is 1.69. The molecule has 2 amide bonds. The number of hydrogen-bond donors (Lipinski definition) is 2. The highest BCUT2D eigenvalue weighted by atomic mass is 16.6. The summed E-state index contributed by atoms with van der Waals surface area (Å²) in [6, 6.07) is 12.4. The van der Waals surface area contributed by atoms with Crippen molar-refractivity contribution in [3.63, 3.8) is 0 Å². The molecular weight excluding hydrogens is 376 g/mol. The Balaban J connectivity index is 1.51. The van der Waals surface area contributed by atoms with E-state index in [1.165, 1.54) is 24.4 Å². The van der Waals surface area contributed by atoms with Crippen LogP contribution in [0.5, 0.6) is 0 Å². The van der Waals surface area contributed by atoms with E-state index in [1.807, 2.05) is 6.92 Å². The predicted octanol–water partition coefficient (Wildman–Crippen LogP) is 2.72. The zero-order chi connectivity index (χ0) is 20.8. The van der Waals surface area contributed by atoms with Gasteiger partial charge in [0.25, 0.3) is 17.5 Å². The SMILES string of the molecule is Cc1ccc(C(=O)NCCNC(=O)c2ccc(-c3cccc([N+](=O)[O-])c3)o2)cn1. The van der Waals surface area contributed by atoms with Crippen molar-refractivity contribution in [3.8, 4) is 11.3 Å². The van der Waals surface area contributed by atoms with Crippen molar-refractivity contribution in [3.05, 3.63) is 81.9 Å². The average Bonchev–Trinajstić information content (AvgIpc) is 3.22. The Morgan fingerprint density at radius 3 is 2.52 bits per heavy atom. The Morgan fingerprint density at radius 1 is 1.07 bits per heavy atom. The molecule has 0 aliphatic carbocycles.